The van der Waals surface area contributed by atoms with Gasteiger partial charge in [-0.15, -0.1) is 0 Å². The fourth-order valence-electron chi connectivity index (χ4n) is 2.45. The van der Waals surface area contributed by atoms with Crippen molar-refractivity contribution in [3.05, 3.63) is 29.3 Å². The molecule has 0 saturated carbocycles. The van der Waals surface area contributed by atoms with Crippen LogP contribution in [0.2, 0.25) is 0 Å². The molecule has 0 radical (unpaired) electrons. The maximum atomic E-state index is 11.3. The Hall–Kier alpha value is -1.55. The first-order chi connectivity index (χ1) is 8.72. The number of nitrogens with one attached hydrogen (secondary N) is 1. The van der Waals surface area contributed by atoms with Crippen LogP contribution in [-0.4, -0.2) is 24.7 Å². The zero-order valence-corrected chi connectivity index (χ0v) is 10.6. The second kappa shape index (κ2) is 5.87. The van der Waals surface area contributed by atoms with Crippen LogP contribution in [0, 0.1) is 0 Å². The van der Waals surface area contributed by atoms with E-state index in [4.69, 9.17) is 4.74 Å². The van der Waals surface area contributed by atoms with Gasteiger partial charge in [-0.3, -0.25) is 0 Å². The van der Waals surface area contributed by atoms with Crippen LogP contribution < -0.4 is 10.1 Å². The van der Waals surface area contributed by atoms with Crippen LogP contribution in [0.3, 0.4) is 0 Å². The first kappa shape index (κ1) is 12.9. The number of ether oxygens (including phenoxy) is 1. The lowest BCUT2D eigenvalue weighted by Gasteiger charge is -2.19. The van der Waals surface area contributed by atoms with Crippen molar-refractivity contribution in [2.24, 2.45) is 0 Å². The van der Waals surface area contributed by atoms with Crippen LogP contribution in [0.4, 0.5) is 0 Å². The molecule has 1 aliphatic heterocycles. The van der Waals surface area contributed by atoms with Crippen LogP contribution in [0.1, 0.15) is 47.6 Å². The Morgan fingerprint density at radius 2 is 2.22 bits per heavy atom. The van der Waals surface area contributed by atoms with Gasteiger partial charge in [0, 0.05) is 6.04 Å². The Morgan fingerprint density at radius 3 is 2.94 bits per heavy atom. The van der Waals surface area contributed by atoms with Crippen molar-refractivity contribution in [3.63, 3.8) is 0 Å². The largest absolute Gasteiger partial charge is 0.497 e. The highest BCUT2D eigenvalue weighted by atomic mass is 16.5. The molecule has 0 aliphatic carbocycles. The summed E-state index contributed by atoms with van der Waals surface area (Å²) >= 11 is 0. The van der Waals surface area contributed by atoms with E-state index in [1.165, 1.54) is 6.42 Å². The molecule has 1 aromatic carbocycles. The van der Waals surface area contributed by atoms with Crippen LogP contribution in [0.15, 0.2) is 18.2 Å². The molecular weight excluding hydrogens is 230 g/mol. The summed E-state index contributed by atoms with van der Waals surface area (Å²) in [7, 11) is 1.55. The maximum Gasteiger partial charge on any atom is 0.336 e. The predicted molar refractivity (Wildman–Crippen MR) is 69.2 cm³/mol. The van der Waals surface area contributed by atoms with Crippen molar-refractivity contribution in [1.82, 2.24) is 5.32 Å². The zero-order chi connectivity index (χ0) is 13.0. The minimum atomic E-state index is -0.894. The van der Waals surface area contributed by atoms with Gasteiger partial charge in [-0.05, 0) is 37.1 Å². The van der Waals surface area contributed by atoms with Crippen molar-refractivity contribution in [3.8, 4) is 5.75 Å². The van der Waals surface area contributed by atoms with Crippen molar-refractivity contribution in [1.29, 1.82) is 0 Å². The number of aromatic carboxylic acids is 1. The lowest BCUT2D eigenvalue weighted by Crippen LogP contribution is -2.22. The molecular formula is C14H19NO3. The summed E-state index contributed by atoms with van der Waals surface area (Å²) in [4.78, 5) is 11.3. The van der Waals surface area contributed by atoms with E-state index in [9.17, 15) is 9.90 Å². The summed E-state index contributed by atoms with van der Waals surface area (Å²) in [6, 6.07) is 5.44. The highest BCUT2D eigenvalue weighted by Gasteiger charge is 2.20. The Bertz CT molecular complexity index is 423. The van der Waals surface area contributed by atoms with Gasteiger partial charge in [0.25, 0.3) is 0 Å². The zero-order valence-electron chi connectivity index (χ0n) is 10.6. The fourth-order valence-corrected chi connectivity index (χ4v) is 2.45. The van der Waals surface area contributed by atoms with Crippen LogP contribution in [-0.2, 0) is 0 Å². The van der Waals surface area contributed by atoms with E-state index in [2.05, 4.69) is 5.32 Å². The highest BCUT2D eigenvalue weighted by molar-refractivity contribution is 5.90. The van der Waals surface area contributed by atoms with Gasteiger partial charge in [0.2, 0.25) is 0 Å². The summed E-state index contributed by atoms with van der Waals surface area (Å²) in [5, 5.41) is 12.7. The molecule has 18 heavy (non-hydrogen) atoms. The third-order valence-corrected chi connectivity index (χ3v) is 3.43. The molecule has 2 N–H and O–H groups in total. The van der Waals surface area contributed by atoms with Crippen LogP contribution in [0.5, 0.6) is 5.75 Å². The molecule has 98 valence electrons. The number of rotatable bonds is 3. The molecule has 0 bridgehead atoms. The molecule has 2 rings (SSSR count). The molecule has 1 fully saturated rings. The monoisotopic (exact) mass is 249 g/mol. The first-order valence-electron chi connectivity index (χ1n) is 6.37. The van der Waals surface area contributed by atoms with Crippen molar-refractivity contribution in [2.75, 3.05) is 13.7 Å². The minimum absolute atomic E-state index is 0.143. The fraction of sp³-hybridized carbons (Fsp3) is 0.500. The van der Waals surface area contributed by atoms with Gasteiger partial charge in [0.05, 0.1) is 12.7 Å². The van der Waals surface area contributed by atoms with Crippen LogP contribution >= 0.6 is 0 Å². The van der Waals surface area contributed by atoms with Gasteiger partial charge in [0.15, 0.2) is 0 Å². The minimum Gasteiger partial charge on any atom is -0.497 e. The standard InChI is InChI=1S/C14H19NO3/c1-18-10-6-7-11(12(9-10)14(16)17)13-5-3-2-4-8-15-13/h6-7,9,13,15H,2-5,8H2,1H3,(H,16,17). The van der Waals surface area contributed by atoms with Gasteiger partial charge in [-0.25, -0.2) is 4.79 Å². The quantitative estimate of drug-likeness (QED) is 0.864. The van der Waals surface area contributed by atoms with E-state index in [1.54, 1.807) is 13.2 Å². The summed E-state index contributed by atoms with van der Waals surface area (Å²) in [5.74, 6) is -0.306. The molecule has 1 heterocycles. The Morgan fingerprint density at radius 1 is 1.39 bits per heavy atom. The number of benzene rings is 1. The normalized spacial score (nSPS) is 20.2. The van der Waals surface area contributed by atoms with Crippen LogP contribution in [0.25, 0.3) is 0 Å². The van der Waals surface area contributed by atoms with Gasteiger partial charge >= 0.3 is 5.97 Å². The van der Waals surface area contributed by atoms with Gasteiger partial charge < -0.3 is 15.2 Å². The molecule has 4 nitrogen and oxygen atoms in total. The Balaban J connectivity index is 2.32. The first-order valence-corrected chi connectivity index (χ1v) is 6.37. The number of carbonyl (C=O) groups is 1. The number of hydrogen-bond acceptors (Lipinski definition) is 3. The molecule has 0 spiro atoms. The second-order valence-electron chi connectivity index (χ2n) is 4.61. The average molecular weight is 249 g/mol. The van der Waals surface area contributed by atoms with E-state index in [0.29, 0.717) is 11.3 Å². The molecule has 0 amide bonds. The Kier molecular flexibility index (Phi) is 4.20. The van der Waals surface area contributed by atoms with Crippen molar-refractivity contribution < 1.29 is 14.6 Å². The third-order valence-electron chi connectivity index (χ3n) is 3.43. The molecule has 1 aliphatic rings. The number of hydrogen-bond donors (Lipinski definition) is 2. The van der Waals surface area contributed by atoms with E-state index in [1.807, 2.05) is 12.1 Å². The summed E-state index contributed by atoms with van der Waals surface area (Å²) in [6.07, 6.45) is 4.51. The average Bonchev–Trinajstić information content (AvgIpc) is 2.66. The predicted octanol–water partition coefficient (Wildman–Crippen LogP) is 2.60. The number of methoxy groups -OCH3 is 1. The second-order valence-corrected chi connectivity index (χ2v) is 4.61. The lowest BCUT2D eigenvalue weighted by atomic mass is 9.96. The smallest absolute Gasteiger partial charge is 0.336 e. The lowest BCUT2D eigenvalue weighted by molar-refractivity contribution is 0.0694. The van der Waals surface area contributed by atoms with Gasteiger partial charge in [-0.2, -0.15) is 0 Å². The molecule has 1 atom stereocenters. The molecule has 4 heteroatoms. The van der Waals surface area contributed by atoms with E-state index in [-0.39, 0.29) is 6.04 Å². The maximum absolute atomic E-state index is 11.3. The van der Waals surface area contributed by atoms with Gasteiger partial charge in [-0.1, -0.05) is 18.9 Å². The van der Waals surface area contributed by atoms with Crippen molar-refractivity contribution >= 4 is 5.97 Å². The third kappa shape index (κ3) is 2.82. The highest BCUT2D eigenvalue weighted by Crippen LogP contribution is 2.28. The molecule has 1 saturated heterocycles. The SMILES string of the molecule is COc1ccc(C2CCCCCN2)c(C(=O)O)c1. The Labute approximate surface area is 107 Å². The summed E-state index contributed by atoms with van der Waals surface area (Å²) < 4.78 is 5.09. The van der Waals surface area contributed by atoms with Gasteiger partial charge in [0.1, 0.15) is 5.75 Å². The summed E-state index contributed by atoms with van der Waals surface area (Å²) in [6.45, 7) is 0.954. The molecule has 0 aromatic heterocycles. The topological polar surface area (TPSA) is 58.6 Å². The number of carboxylic acid groups (broad SMARTS) is 1. The summed E-state index contributed by atoms with van der Waals surface area (Å²) in [5.41, 5.74) is 1.21. The molecule has 1 aromatic rings. The van der Waals surface area contributed by atoms with Crippen molar-refractivity contribution in [2.45, 2.75) is 31.7 Å². The van der Waals surface area contributed by atoms with E-state index < -0.39 is 5.97 Å². The van der Waals surface area contributed by atoms with E-state index >= 15 is 0 Å². The number of carboxylic acids is 1. The molecule has 1 unspecified atom stereocenters. The van der Waals surface area contributed by atoms with E-state index in [0.717, 1.165) is 31.4 Å².